The number of nitrogens with zero attached hydrogens (tertiary/aromatic N) is 2. The second-order valence-electron chi connectivity index (χ2n) is 6.99. The van der Waals surface area contributed by atoms with Crippen molar-refractivity contribution in [1.82, 2.24) is 9.97 Å². The van der Waals surface area contributed by atoms with Crippen molar-refractivity contribution in [2.24, 2.45) is 0 Å². The zero-order valence-electron chi connectivity index (χ0n) is 14.8. The van der Waals surface area contributed by atoms with Crippen molar-refractivity contribution >= 4 is 16.9 Å². The zero-order valence-corrected chi connectivity index (χ0v) is 14.8. The Morgan fingerprint density at radius 2 is 1.79 bits per heavy atom. The number of hydrogen-bond acceptors (Lipinski definition) is 4. The molecule has 1 heterocycles. The van der Waals surface area contributed by atoms with Crippen LogP contribution in [0.4, 0.5) is 5.95 Å². The van der Waals surface area contributed by atoms with Crippen LogP contribution in [-0.2, 0) is 0 Å². The molecule has 1 aromatic heterocycles. The number of methoxy groups -OCH3 is 1. The summed E-state index contributed by atoms with van der Waals surface area (Å²) in [5, 5.41) is 4.30. The molecule has 1 N–H and O–H groups in total. The van der Waals surface area contributed by atoms with Gasteiger partial charge in [0, 0.05) is 28.8 Å². The minimum Gasteiger partial charge on any atom is -0.496 e. The summed E-state index contributed by atoms with van der Waals surface area (Å²) < 4.78 is 5.62. The molecule has 0 aliphatic rings. The number of hydrogen-bond donors (Lipinski definition) is 1. The summed E-state index contributed by atoms with van der Waals surface area (Å²) in [7, 11) is 1.69. The highest BCUT2D eigenvalue weighted by atomic mass is 16.5. The van der Waals surface area contributed by atoms with E-state index in [4.69, 9.17) is 4.74 Å². The Hall–Kier alpha value is -2.62. The molecule has 24 heavy (non-hydrogen) atoms. The second-order valence-corrected chi connectivity index (χ2v) is 6.99. The molecule has 0 aliphatic carbocycles. The van der Waals surface area contributed by atoms with E-state index in [9.17, 15) is 0 Å². The van der Waals surface area contributed by atoms with E-state index in [1.54, 1.807) is 7.11 Å². The van der Waals surface area contributed by atoms with Gasteiger partial charge in [-0.1, -0.05) is 24.3 Å². The van der Waals surface area contributed by atoms with Crippen LogP contribution in [-0.4, -0.2) is 22.6 Å². The summed E-state index contributed by atoms with van der Waals surface area (Å²) in [6, 6.07) is 12.4. The maximum absolute atomic E-state index is 5.62. The Balaban J connectivity index is 2.13. The van der Waals surface area contributed by atoms with Crippen molar-refractivity contribution in [1.29, 1.82) is 0 Å². The van der Waals surface area contributed by atoms with E-state index in [-0.39, 0.29) is 5.54 Å². The highest BCUT2D eigenvalue weighted by molar-refractivity contribution is 5.89. The molecule has 0 unspecified atom stereocenters. The Bertz CT molecular complexity index is 882. The van der Waals surface area contributed by atoms with Crippen LogP contribution in [0.5, 0.6) is 5.75 Å². The number of rotatable bonds is 3. The van der Waals surface area contributed by atoms with E-state index in [0.717, 1.165) is 27.8 Å². The maximum atomic E-state index is 5.62. The Morgan fingerprint density at radius 1 is 1.04 bits per heavy atom. The number of anilines is 1. The summed E-state index contributed by atoms with van der Waals surface area (Å²) in [6.07, 6.45) is 1.86. The second kappa shape index (κ2) is 6.11. The molecule has 0 amide bonds. The maximum Gasteiger partial charge on any atom is 0.223 e. The minimum absolute atomic E-state index is 0.0845. The first-order valence-corrected chi connectivity index (χ1v) is 8.06. The lowest BCUT2D eigenvalue weighted by molar-refractivity contribution is 0.417. The van der Waals surface area contributed by atoms with Crippen molar-refractivity contribution in [2.45, 2.75) is 33.2 Å². The third-order valence-electron chi connectivity index (χ3n) is 3.82. The van der Waals surface area contributed by atoms with E-state index in [1.165, 1.54) is 5.56 Å². The Labute approximate surface area is 142 Å². The number of aryl methyl sites for hydroxylation is 1. The zero-order chi connectivity index (χ0) is 17.3. The lowest BCUT2D eigenvalue weighted by Crippen LogP contribution is -2.27. The quantitative estimate of drug-likeness (QED) is 0.751. The van der Waals surface area contributed by atoms with Gasteiger partial charge < -0.3 is 10.1 Å². The van der Waals surface area contributed by atoms with Gasteiger partial charge in [0.2, 0.25) is 5.95 Å². The minimum atomic E-state index is -0.0845. The van der Waals surface area contributed by atoms with Crippen LogP contribution in [0.1, 0.15) is 26.3 Å². The molecule has 0 saturated heterocycles. The van der Waals surface area contributed by atoms with E-state index in [1.807, 2.05) is 24.4 Å². The lowest BCUT2D eigenvalue weighted by Gasteiger charge is -2.20. The molecule has 0 aliphatic heterocycles. The van der Waals surface area contributed by atoms with Crippen LogP contribution in [0.25, 0.3) is 22.0 Å². The molecule has 0 bridgehead atoms. The summed E-state index contributed by atoms with van der Waals surface area (Å²) in [5.74, 6) is 1.44. The molecule has 0 saturated carbocycles. The summed E-state index contributed by atoms with van der Waals surface area (Å²) in [6.45, 7) is 8.36. The normalized spacial score (nSPS) is 11.5. The van der Waals surface area contributed by atoms with Gasteiger partial charge in [-0.15, -0.1) is 0 Å². The predicted octanol–water partition coefficient (Wildman–Crippen LogP) is 4.82. The molecule has 124 valence electrons. The van der Waals surface area contributed by atoms with Gasteiger partial charge in [-0.3, -0.25) is 0 Å². The van der Waals surface area contributed by atoms with Gasteiger partial charge in [0.1, 0.15) is 5.75 Å². The van der Waals surface area contributed by atoms with Crippen LogP contribution in [0, 0.1) is 6.92 Å². The van der Waals surface area contributed by atoms with Gasteiger partial charge in [0.15, 0.2) is 0 Å². The average Bonchev–Trinajstić information content (AvgIpc) is 2.52. The topological polar surface area (TPSA) is 47.0 Å². The lowest BCUT2D eigenvalue weighted by atomic mass is 9.98. The number of ether oxygens (including phenoxy) is 1. The fraction of sp³-hybridized carbons (Fsp3) is 0.300. The van der Waals surface area contributed by atoms with Crippen LogP contribution in [0.2, 0.25) is 0 Å². The molecule has 0 atom stereocenters. The van der Waals surface area contributed by atoms with Crippen LogP contribution < -0.4 is 10.1 Å². The first-order valence-electron chi connectivity index (χ1n) is 8.06. The fourth-order valence-electron chi connectivity index (χ4n) is 2.71. The first kappa shape index (κ1) is 16.2. The molecule has 0 fully saturated rings. The molecule has 4 nitrogen and oxygen atoms in total. The van der Waals surface area contributed by atoms with Gasteiger partial charge in [-0.05, 0) is 44.9 Å². The summed E-state index contributed by atoms with van der Waals surface area (Å²) in [4.78, 5) is 9.07. The van der Waals surface area contributed by atoms with Gasteiger partial charge in [-0.2, -0.15) is 0 Å². The van der Waals surface area contributed by atoms with E-state index in [2.05, 4.69) is 61.2 Å². The third kappa shape index (κ3) is 3.32. The SMILES string of the molecule is COc1cc2nc(NC(C)(C)C)ncc2cc1-c1ccccc1C. The average molecular weight is 321 g/mol. The molecular formula is C20H23N3O. The van der Waals surface area contributed by atoms with Crippen molar-refractivity contribution in [2.75, 3.05) is 12.4 Å². The largest absolute Gasteiger partial charge is 0.496 e. The predicted molar refractivity (Wildman–Crippen MR) is 99.6 cm³/mol. The van der Waals surface area contributed by atoms with Gasteiger partial charge in [0.05, 0.1) is 12.6 Å². The smallest absolute Gasteiger partial charge is 0.223 e. The molecule has 0 spiro atoms. The summed E-state index contributed by atoms with van der Waals surface area (Å²) >= 11 is 0. The van der Waals surface area contributed by atoms with Crippen LogP contribution in [0.3, 0.4) is 0 Å². The standard InChI is InChI=1S/C20H23N3O/c1-13-8-6-7-9-15(13)16-10-14-12-21-19(23-20(2,3)4)22-17(14)11-18(16)24-5/h6-12H,1-5H3,(H,21,22,23). The highest BCUT2D eigenvalue weighted by Crippen LogP contribution is 2.35. The van der Waals surface area contributed by atoms with Gasteiger partial charge >= 0.3 is 0 Å². The molecule has 3 rings (SSSR count). The van der Waals surface area contributed by atoms with Crippen molar-refractivity contribution in [3.05, 3.63) is 48.2 Å². The molecule has 0 radical (unpaired) electrons. The first-order chi connectivity index (χ1) is 11.4. The van der Waals surface area contributed by atoms with Crippen molar-refractivity contribution < 1.29 is 4.74 Å². The number of nitrogens with one attached hydrogen (secondary N) is 1. The summed E-state index contributed by atoms with van der Waals surface area (Å²) in [5.41, 5.74) is 4.21. The number of fused-ring (bicyclic) bond motifs is 1. The highest BCUT2D eigenvalue weighted by Gasteiger charge is 2.14. The van der Waals surface area contributed by atoms with E-state index >= 15 is 0 Å². The third-order valence-corrected chi connectivity index (χ3v) is 3.82. The monoisotopic (exact) mass is 321 g/mol. The molecule has 4 heteroatoms. The van der Waals surface area contributed by atoms with Crippen molar-refractivity contribution in [3.8, 4) is 16.9 Å². The Kier molecular flexibility index (Phi) is 4.14. The Morgan fingerprint density at radius 3 is 2.46 bits per heavy atom. The van der Waals surface area contributed by atoms with Crippen LogP contribution >= 0.6 is 0 Å². The molecule has 3 aromatic rings. The van der Waals surface area contributed by atoms with E-state index in [0.29, 0.717) is 5.95 Å². The number of benzene rings is 2. The van der Waals surface area contributed by atoms with Crippen molar-refractivity contribution in [3.63, 3.8) is 0 Å². The molecular weight excluding hydrogens is 298 g/mol. The van der Waals surface area contributed by atoms with E-state index < -0.39 is 0 Å². The molecule has 2 aromatic carbocycles. The fourth-order valence-corrected chi connectivity index (χ4v) is 2.71. The van der Waals surface area contributed by atoms with Gasteiger partial charge in [0.25, 0.3) is 0 Å². The van der Waals surface area contributed by atoms with Crippen LogP contribution in [0.15, 0.2) is 42.6 Å². The number of aromatic nitrogens is 2. The van der Waals surface area contributed by atoms with Gasteiger partial charge in [-0.25, -0.2) is 9.97 Å².